The number of hydrogen-bond acceptors (Lipinski definition) is 2. The molecule has 88 valence electrons. The summed E-state index contributed by atoms with van der Waals surface area (Å²) in [6.45, 7) is 5.94. The van der Waals surface area contributed by atoms with Crippen molar-refractivity contribution in [3.8, 4) is 0 Å². The van der Waals surface area contributed by atoms with Crippen LogP contribution in [0.5, 0.6) is 0 Å². The van der Waals surface area contributed by atoms with Crippen molar-refractivity contribution in [1.82, 2.24) is 14.5 Å². The second kappa shape index (κ2) is 3.99. The standard InChI is InChI=1S/C14H17N3/c1-3-11-4-5-12(8-11)17-7-6-13-10(2)15-9-16-14(13)17/h3,6-7,9,11-12H,1,4-5,8H2,2H3. The number of allylic oxidation sites excluding steroid dienone is 1. The van der Waals surface area contributed by atoms with Crippen molar-refractivity contribution in [2.75, 3.05) is 0 Å². The molecule has 2 unspecified atom stereocenters. The Kier molecular flexibility index (Phi) is 2.46. The van der Waals surface area contributed by atoms with Crippen molar-refractivity contribution >= 4 is 11.0 Å². The molecule has 0 N–H and O–H groups in total. The maximum absolute atomic E-state index is 4.42. The Morgan fingerprint density at radius 1 is 1.41 bits per heavy atom. The summed E-state index contributed by atoms with van der Waals surface area (Å²) in [7, 11) is 0. The van der Waals surface area contributed by atoms with Crippen LogP contribution in [0.1, 0.15) is 31.0 Å². The topological polar surface area (TPSA) is 30.7 Å². The first kappa shape index (κ1) is 10.5. The first-order chi connectivity index (χ1) is 8.29. The van der Waals surface area contributed by atoms with Crippen LogP contribution >= 0.6 is 0 Å². The maximum Gasteiger partial charge on any atom is 0.143 e. The Morgan fingerprint density at radius 2 is 2.29 bits per heavy atom. The van der Waals surface area contributed by atoms with Crippen LogP contribution in [0, 0.1) is 12.8 Å². The molecule has 1 saturated carbocycles. The molecule has 0 aromatic carbocycles. The number of fused-ring (bicyclic) bond motifs is 1. The van der Waals surface area contributed by atoms with Gasteiger partial charge in [-0.15, -0.1) is 6.58 Å². The lowest BCUT2D eigenvalue weighted by Gasteiger charge is -2.13. The second-order valence-corrected chi connectivity index (χ2v) is 4.88. The van der Waals surface area contributed by atoms with Crippen molar-refractivity contribution in [2.45, 2.75) is 32.2 Å². The monoisotopic (exact) mass is 227 g/mol. The van der Waals surface area contributed by atoms with E-state index in [1.165, 1.54) is 24.6 Å². The third kappa shape index (κ3) is 1.66. The molecular formula is C14H17N3. The number of aryl methyl sites for hydroxylation is 1. The lowest BCUT2D eigenvalue weighted by molar-refractivity contribution is 0.518. The first-order valence-corrected chi connectivity index (χ1v) is 6.20. The molecule has 0 saturated heterocycles. The smallest absolute Gasteiger partial charge is 0.143 e. The van der Waals surface area contributed by atoms with Gasteiger partial charge < -0.3 is 4.57 Å². The SMILES string of the molecule is C=CC1CCC(n2ccc3c(C)ncnc32)C1. The average molecular weight is 227 g/mol. The van der Waals surface area contributed by atoms with E-state index in [0.717, 1.165) is 11.3 Å². The van der Waals surface area contributed by atoms with Gasteiger partial charge in [0.2, 0.25) is 0 Å². The quantitative estimate of drug-likeness (QED) is 0.737. The fourth-order valence-electron chi connectivity index (χ4n) is 2.85. The van der Waals surface area contributed by atoms with Gasteiger partial charge in [0.25, 0.3) is 0 Å². The average Bonchev–Trinajstić information content (AvgIpc) is 2.94. The zero-order valence-electron chi connectivity index (χ0n) is 10.1. The lowest BCUT2D eigenvalue weighted by Crippen LogP contribution is -2.05. The van der Waals surface area contributed by atoms with Crippen molar-refractivity contribution < 1.29 is 0 Å². The Labute approximate surface area is 101 Å². The van der Waals surface area contributed by atoms with Crippen molar-refractivity contribution in [1.29, 1.82) is 0 Å². The van der Waals surface area contributed by atoms with Gasteiger partial charge in [-0.2, -0.15) is 0 Å². The Morgan fingerprint density at radius 3 is 3.06 bits per heavy atom. The third-order valence-electron chi connectivity index (χ3n) is 3.88. The maximum atomic E-state index is 4.42. The Hall–Kier alpha value is -1.64. The van der Waals surface area contributed by atoms with Gasteiger partial charge in [0.05, 0.1) is 5.69 Å². The fraction of sp³-hybridized carbons (Fsp3) is 0.429. The number of aromatic nitrogens is 3. The fourth-order valence-corrected chi connectivity index (χ4v) is 2.85. The van der Waals surface area contributed by atoms with Crippen LogP contribution in [0.4, 0.5) is 0 Å². The molecule has 2 atom stereocenters. The van der Waals surface area contributed by atoms with Crippen LogP contribution in [0.15, 0.2) is 31.2 Å². The molecule has 1 aliphatic rings. The summed E-state index contributed by atoms with van der Waals surface area (Å²) in [6.07, 6.45) is 9.57. The Balaban J connectivity index is 2.01. The van der Waals surface area contributed by atoms with Crippen LogP contribution in [0.3, 0.4) is 0 Å². The van der Waals surface area contributed by atoms with E-state index >= 15 is 0 Å². The lowest BCUT2D eigenvalue weighted by atomic mass is 10.1. The Bertz CT molecular complexity index is 556. The van der Waals surface area contributed by atoms with E-state index in [1.807, 2.05) is 6.92 Å². The van der Waals surface area contributed by atoms with Crippen molar-refractivity contribution in [2.24, 2.45) is 5.92 Å². The van der Waals surface area contributed by atoms with E-state index in [1.54, 1.807) is 6.33 Å². The third-order valence-corrected chi connectivity index (χ3v) is 3.88. The normalized spacial score (nSPS) is 24.3. The van der Waals surface area contributed by atoms with Gasteiger partial charge in [0.15, 0.2) is 0 Å². The number of nitrogens with zero attached hydrogens (tertiary/aromatic N) is 3. The first-order valence-electron chi connectivity index (χ1n) is 6.20. The molecule has 0 radical (unpaired) electrons. The molecule has 1 aliphatic carbocycles. The van der Waals surface area contributed by atoms with E-state index in [9.17, 15) is 0 Å². The molecule has 3 rings (SSSR count). The number of hydrogen-bond donors (Lipinski definition) is 0. The highest BCUT2D eigenvalue weighted by Gasteiger charge is 2.25. The van der Waals surface area contributed by atoms with Crippen LogP contribution in [0.25, 0.3) is 11.0 Å². The van der Waals surface area contributed by atoms with Gasteiger partial charge >= 0.3 is 0 Å². The largest absolute Gasteiger partial charge is 0.329 e. The minimum Gasteiger partial charge on any atom is -0.329 e. The zero-order chi connectivity index (χ0) is 11.8. The predicted molar refractivity (Wildman–Crippen MR) is 68.8 cm³/mol. The summed E-state index contributed by atoms with van der Waals surface area (Å²) in [4.78, 5) is 8.66. The van der Waals surface area contributed by atoms with E-state index in [4.69, 9.17) is 0 Å². The molecule has 0 bridgehead atoms. The van der Waals surface area contributed by atoms with Crippen LogP contribution in [0.2, 0.25) is 0 Å². The van der Waals surface area contributed by atoms with E-state index in [0.29, 0.717) is 12.0 Å². The van der Waals surface area contributed by atoms with Gasteiger partial charge in [-0.05, 0) is 38.2 Å². The summed E-state index contributed by atoms with van der Waals surface area (Å²) in [5.41, 5.74) is 2.14. The van der Waals surface area contributed by atoms with Crippen molar-refractivity contribution in [3.63, 3.8) is 0 Å². The molecule has 17 heavy (non-hydrogen) atoms. The minimum atomic E-state index is 0.574. The van der Waals surface area contributed by atoms with Gasteiger partial charge in [0.1, 0.15) is 12.0 Å². The molecule has 2 aromatic rings. The van der Waals surface area contributed by atoms with Crippen LogP contribution in [-0.2, 0) is 0 Å². The van der Waals surface area contributed by atoms with Gasteiger partial charge in [-0.25, -0.2) is 9.97 Å². The highest BCUT2D eigenvalue weighted by molar-refractivity contribution is 5.78. The summed E-state index contributed by atoms with van der Waals surface area (Å²) < 4.78 is 2.31. The number of rotatable bonds is 2. The van der Waals surface area contributed by atoms with Crippen molar-refractivity contribution in [3.05, 3.63) is 36.9 Å². The van der Waals surface area contributed by atoms with E-state index in [2.05, 4.69) is 39.5 Å². The molecular weight excluding hydrogens is 210 g/mol. The van der Waals surface area contributed by atoms with Crippen LogP contribution < -0.4 is 0 Å². The summed E-state index contributed by atoms with van der Waals surface area (Å²) in [6, 6.07) is 2.70. The molecule has 0 spiro atoms. The highest BCUT2D eigenvalue weighted by atomic mass is 15.1. The molecule has 1 fully saturated rings. The molecule has 0 aliphatic heterocycles. The van der Waals surface area contributed by atoms with E-state index < -0.39 is 0 Å². The molecule has 3 heteroatoms. The van der Waals surface area contributed by atoms with E-state index in [-0.39, 0.29) is 0 Å². The summed E-state index contributed by atoms with van der Waals surface area (Å²) >= 11 is 0. The van der Waals surface area contributed by atoms with Crippen LogP contribution in [-0.4, -0.2) is 14.5 Å². The predicted octanol–water partition coefficient (Wildman–Crippen LogP) is 3.27. The molecule has 3 nitrogen and oxygen atoms in total. The molecule has 2 heterocycles. The zero-order valence-corrected chi connectivity index (χ0v) is 10.1. The second-order valence-electron chi connectivity index (χ2n) is 4.88. The van der Waals surface area contributed by atoms with Gasteiger partial charge in [-0.1, -0.05) is 6.08 Å². The summed E-state index contributed by atoms with van der Waals surface area (Å²) in [5, 5.41) is 1.18. The van der Waals surface area contributed by atoms with Gasteiger partial charge in [-0.3, -0.25) is 0 Å². The highest BCUT2D eigenvalue weighted by Crippen LogP contribution is 2.36. The molecule has 2 aromatic heterocycles. The minimum absolute atomic E-state index is 0.574. The molecule has 0 amide bonds. The van der Waals surface area contributed by atoms with Gasteiger partial charge in [0, 0.05) is 17.6 Å². The summed E-state index contributed by atoms with van der Waals surface area (Å²) in [5.74, 6) is 0.667.